The maximum absolute atomic E-state index is 4.81. The van der Waals surface area contributed by atoms with Crippen LogP contribution < -0.4 is 5.32 Å². The van der Waals surface area contributed by atoms with Crippen molar-refractivity contribution in [2.24, 2.45) is 11.3 Å². The fourth-order valence-corrected chi connectivity index (χ4v) is 3.10. The van der Waals surface area contributed by atoms with E-state index < -0.39 is 0 Å². The zero-order valence-corrected chi connectivity index (χ0v) is 13.7. The molecule has 20 heavy (non-hydrogen) atoms. The zero-order chi connectivity index (χ0) is 14.6. The van der Waals surface area contributed by atoms with Crippen LogP contribution in [0, 0.1) is 11.3 Å². The lowest BCUT2D eigenvalue weighted by Gasteiger charge is -2.24. The Labute approximate surface area is 124 Å². The first kappa shape index (κ1) is 15.6. The van der Waals surface area contributed by atoms with Gasteiger partial charge in [-0.05, 0) is 43.2 Å². The second-order valence-corrected chi connectivity index (χ2v) is 7.59. The van der Waals surface area contributed by atoms with Crippen molar-refractivity contribution in [2.45, 2.75) is 65.8 Å². The Morgan fingerprint density at radius 3 is 2.70 bits per heavy atom. The summed E-state index contributed by atoms with van der Waals surface area (Å²) in [7, 11) is 0. The quantitative estimate of drug-likeness (QED) is 0.821. The van der Waals surface area contributed by atoms with Crippen LogP contribution in [0.15, 0.2) is 12.3 Å². The van der Waals surface area contributed by atoms with E-state index in [4.69, 9.17) is 5.10 Å². The molecule has 0 unspecified atom stereocenters. The fourth-order valence-electron chi connectivity index (χ4n) is 3.10. The van der Waals surface area contributed by atoms with Crippen molar-refractivity contribution in [2.75, 3.05) is 13.1 Å². The molecule has 0 amide bonds. The zero-order valence-electron chi connectivity index (χ0n) is 13.7. The van der Waals surface area contributed by atoms with Gasteiger partial charge in [0.25, 0.3) is 0 Å². The molecule has 0 atom stereocenters. The molecule has 3 heteroatoms. The van der Waals surface area contributed by atoms with Gasteiger partial charge in [0.05, 0.1) is 11.7 Å². The van der Waals surface area contributed by atoms with E-state index in [0.29, 0.717) is 12.0 Å². The van der Waals surface area contributed by atoms with Crippen molar-refractivity contribution in [3.63, 3.8) is 0 Å². The molecule has 1 aromatic heterocycles. The number of hydrogen-bond acceptors (Lipinski definition) is 2. The van der Waals surface area contributed by atoms with E-state index in [-0.39, 0.29) is 5.41 Å². The van der Waals surface area contributed by atoms with Crippen LogP contribution >= 0.6 is 0 Å². The van der Waals surface area contributed by atoms with Gasteiger partial charge in [0.1, 0.15) is 0 Å². The molecule has 1 aromatic rings. The van der Waals surface area contributed by atoms with Gasteiger partial charge >= 0.3 is 0 Å². The summed E-state index contributed by atoms with van der Waals surface area (Å²) < 4.78 is 2.21. The van der Waals surface area contributed by atoms with Crippen LogP contribution in [0.5, 0.6) is 0 Å². The van der Waals surface area contributed by atoms with Gasteiger partial charge in [-0.1, -0.05) is 40.5 Å². The first-order valence-corrected chi connectivity index (χ1v) is 8.21. The average Bonchev–Trinajstić information content (AvgIpc) is 2.96. The van der Waals surface area contributed by atoms with Crippen LogP contribution in [0.4, 0.5) is 0 Å². The third-order valence-corrected chi connectivity index (χ3v) is 4.18. The summed E-state index contributed by atoms with van der Waals surface area (Å²) in [6, 6.07) is 2.87. The van der Waals surface area contributed by atoms with Crippen molar-refractivity contribution in [1.82, 2.24) is 15.1 Å². The van der Waals surface area contributed by atoms with Crippen LogP contribution in [0.25, 0.3) is 0 Å². The Morgan fingerprint density at radius 2 is 2.05 bits per heavy atom. The minimum atomic E-state index is 0.268. The summed E-state index contributed by atoms with van der Waals surface area (Å²) in [5.74, 6) is 0.715. The van der Waals surface area contributed by atoms with Crippen LogP contribution in [-0.4, -0.2) is 22.9 Å². The minimum absolute atomic E-state index is 0.268. The van der Waals surface area contributed by atoms with Gasteiger partial charge in [0.15, 0.2) is 0 Å². The molecule has 0 aromatic carbocycles. The Hall–Kier alpha value is -0.830. The predicted molar refractivity (Wildman–Crippen MR) is 84.9 cm³/mol. The van der Waals surface area contributed by atoms with Gasteiger partial charge in [-0.3, -0.25) is 4.68 Å². The van der Waals surface area contributed by atoms with Crippen LogP contribution in [0.2, 0.25) is 0 Å². The summed E-state index contributed by atoms with van der Waals surface area (Å²) in [6.07, 6.45) is 8.58. The molecule has 1 N–H and O–H groups in total. The summed E-state index contributed by atoms with van der Waals surface area (Å²) in [6.45, 7) is 11.3. The number of aromatic nitrogens is 2. The van der Waals surface area contributed by atoms with Crippen molar-refractivity contribution < 1.29 is 0 Å². The van der Waals surface area contributed by atoms with Gasteiger partial charge in [0.2, 0.25) is 0 Å². The van der Waals surface area contributed by atoms with E-state index in [1.807, 2.05) is 0 Å². The third-order valence-electron chi connectivity index (χ3n) is 4.18. The summed E-state index contributed by atoms with van der Waals surface area (Å²) >= 11 is 0. The smallest absolute Gasteiger partial charge is 0.0630 e. The molecule has 2 rings (SSSR count). The molecular formula is C17H31N3. The summed E-state index contributed by atoms with van der Waals surface area (Å²) in [5.41, 5.74) is 1.51. The lowest BCUT2D eigenvalue weighted by atomic mass is 9.87. The van der Waals surface area contributed by atoms with Crippen molar-refractivity contribution in [3.8, 4) is 0 Å². The normalized spacial score (nSPS) is 17.2. The molecule has 3 nitrogen and oxygen atoms in total. The molecule has 1 aliphatic carbocycles. The van der Waals surface area contributed by atoms with E-state index >= 15 is 0 Å². The Morgan fingerprint density at radius 1 is 1.35 bits per heavy atom. The molecule has 0 aliphatic heterocycles. The van der Waals surface area contributed by atoms with E-state index in [1.165, 1.54) is 31.4 Å². The summed E-state index contributed by atoms with van der Waals surface area (Å²) in [5, 5.41) is 8.38. The lowest BCUT2D eigenvalue weighted by Crippen LogP contribution is -2.33. The Bertz CT molecular complexity index is 400. The van der Waals surface area contributed by atoms with E-state index in [2.05, 4.69) is 50.0 Å². The minimum Gasteiger partial charge on any atom is -0.316 e. The maximum Gasteiger partial charge on any atom is 0.0630 e. The average molecular weight is 277 g/mol. The molecule has 0 spiro atoms. The van der Waals surface area contributed by atoms with Gasteiger partial charge in [-0.25, -0.2) is 0 Å². The molecule has 0 radical (unpaired) electrons. The first-order valence-electron chi connectivity index (χ1n) is 8.21. The highest BCUT2D eigenvalue weighted by atomic mass is 15.3. The Balaban J connectivity index is 1.85. The SMILES string of the molecule is CC(C)CNCC(C)(C)Cc1ccn(C2CCCC2)n1. The van der Waals surface area contributed by atoms with Gasteiger partial charge in [-0.15, -0.1) is 0 Å². The molecule has 0 bridgehead atoms. The second-order valence-electron chi connectivity index (χ2n) is 7.59. The largest absolute Gasteiger partial charge is 0.316 e. The third kappa shape index (κ3) is 4.62. The van der Waals surface area contributed by atoms with Crippen molar-refractivity contribution in [1.29, 1.82) is 0 Å². The van der Waals surface area contributed by atoms with Crippen molar-refractivity contribution in [3.05, 3.63) is 18.0 Å². The van der Waals surface area contributed by atoms with Crippen LogP contribution in [-0.2, 0) is 6.42 Å². The van der Waals surface area contributed by atoms with E-state index in [1.54, 1.807) is 0 Å². The second kappa shape index (κ2) is 6.75. The van der Waals surface area contributed by atoms with Crippen LogP contribution in [0.1, 0.15) is 65.1 Å². The summed E-state index contributed by atoms with van der Waals surface area (Å²) in [4.78, 5) is 0. The predicted octanol–water partition coefficient (Wildman–Crippen LogP) is 3.81. The standard InChI is InChI=1S/C17H31N3/c1-14(2)12-18-13-17(3,4)11-15-9-10-20(19-15)16-7-5-6-8-16/h9-10,14,16,18H,5-8,11-13H2,1-4H3. The van der Waals surface area contributed by atoms with E-state index in [9.17, 15) is 0 Å². The monoisotopic (exact) mass is 277 g/mol. The lowest BCUT2D eigenvalue weighted by molar-refractivity contribution is 0.325. The van der Waals surface area contributed by atoms with Crippen molar-refractivity contribution >= 4 is 0 Å². The molecule has 0 saturated heterocycles. The first-order chi connectivity index (χ1) is 9.46. The maximum atomic E-state index is 4.81. The highest BCUT2D eigenvalue weighted by Crippen LogP contribution is 2.29. The molecule has 114 valence electrons. The number of hydrogen-bond donors (Lipinski definition) is 1. The number of nitrogens with one attached hydrogen (secondary N) is 1. The van der Waals surface area contributed by atoms with E-state index in [0.717, 1.165) is 19.5 Å². The van der Waals surface area contributed by atoms with Gasteiger partial charge in [0, 0.05) is 12.7 Å². The Kier molecular flexibility index (Phi) is 5.25. The van der Waals surface area contributed by atoms with Gasteiger partial charge in [-0.2, -0.15) is 5.10 Å². The molecule has 1 aliphatic rings. The highest BCUT2D eigenvalue weighted by molar-refractivity contribution is 5.03. The fraction of sp³-hybridized carbons (Fsp3) is 0.824. The topological polar surface area (TPSA) is 29.9 Å². The molecule has 1 fully saturated rings. The highest BCUT2D eigenvalue weighted by Gasteiger charge is 2.22. The van der Waals surface area contributed by atoms with Gasteiger partial charge < -0.3 is 5.32 Å². The molecule has 1 heterocycles. The molecular weight excluding hydrogens is 246 g/mol. The number of nitrogens with zero attached hydrogens (tertiary/aromatic N) is 2. The number of rotatable bonds is 7. The molecule has 1 saturated carbocycles. The van der Waals surface area contributed by atoms with Crippen LogP contribution in [0.3, 0.4) is 0 Å².